The van der Waals surface area contributed by atoms with Crippen LogP contribution in [0.15, 0.2) is 104 Å². The number of aliphatic hydroxyl groups is 2. The van der Waals surface area contributed by atoms with Crippen LogP contribution < -0.4 is 29.8 Å². The highest BCUT2D eigenvalue weighted by molar-refractivity contribution is 6.91. The van der Waals surface area contributed by atoms with Crippen molar-refractivity contribution in [3.8, 4) is 11.5 Å². The van der Waals surface area contributed by atoms with Crippen LogP contribution in [0.5, 0.6) is 11.5 Å². The van der Waals surface area contributed by atoms with Gasteiger partial charge in [0.25, 0.3) is 5.91 Å². The van der Waals surface area contributed by atoms with E-state index in [9.17, 15) is 19.8 Å². The zero-order valence-electron chi connectivity index (χ0n) is 37.2. The Bertz CT molecular complexity index is 2270. The molecule has 5 atom stereocenters. The standard InChI is InChI=1S/C50H62N4O8Si/c1-7-25-53-44-22-16-37(54-43-23-19-39(61-8-2)29-36(43)30-42(48(54)58)51-24-12-13-27-55)31-41(44)50(49(53)59)34(3)47(63(5,6)40-20-17-38(60-4)18-21-40)45(62-50)32-46(57)52(26-28-56)33-35-14-10-9-11-15-35/h7,9-11,14-23,29,31,34,42,45,47,51,55-56H,1,8,12-13,24-28,30,32-33H2,2-6H3/t34-,42?,45+,47-,50+/m0/s1. The molecule has 1 fully saturated rings. The van der Waals surface area contributed by atoms with E-state index in [4.69, 9.17) is 14.2 Å². The Morgan fingerprint density at radius 3 is 2.40 bits per heavy atom. The first-order valence-corrected chi connectivity index (χ1v) is 25.3. The van der Waals surface area contributed by atoms with Crippen molar-refractivity contribution in [3.05, 3.63) is 120 Å². The normalized spacial score (nSPS) is 21.7. The first kappa shape index (κ1) is 45.7. The molecule has 63 heavy (non-hydrogen) atoms. The molecule has 0 bridgehead atoms. The highest BCUT2D eigenvalue weighted by Crippen LogP contribution is 2.60. The number of unbranched alkanes of at least 4 members (excludes halogenated alkanes) is 1. The van der Waals surface area contributed by atoms with Gasteiger partial charge in [-0.15, -0.1) is 6.58 Å². The summed E-state index contributed by atoms with van der Waals surface area (Å²) in [5.41, 5.74) is 2.81. The molecular weight excluding hydrogens is 813 g/mol. The number of rotatable bonds is 19. The zero-order valence-corrected chi connectivity index (χ0v) is 38.2. The molecule has 4 aromatic rings. The Hall–Kier alpha value is -5.31. The lowest BCUT2D eigenvalue weighted by Crippen LogP contribution is -2.52. The van der Waals surface area contributed by atoms with E-state index in [-0.39, 0.29) is 56.0 Å². The SMILES string of the molecule is C=CCN1C(=O)[C@]2(O[C@H](CC(=O)N(CCO)Cc3ccccc3)[C@@H]([Si](C)(C)c3ccc(OC)cc3)[C@@H]2C)c2cc(N3C(=O)C(NCCCCO)Cc4cc(OCC)ccc43)ccc21. The third kappa shape index (κ3) is 8.81. The van der Waals surface area contributed by atoms with Crippen LogP contribution in [0.2, 0.25) is 18.6 Å². The van der Waals surface area contributed by atoms with Gasteiger partial charge in [0.1, 0.15) is 11.5 Å². The van der Waals surface area contributed by atoms with Gasteiger partial charge >= 0.3 is 0 Å². The molecule has 3 N–H and O–H groups in total. The van der Waals surface area contributed by atoms with Gasteiger partial charge in [-0.3, -0.25) is 19.3 Å². The molecule has 4 aromatic carbocycles. The smallest absolute Gasteiger partial charge is 0.264 e. The average molecular weight is 875 g/mol. The van der Waals surface area contributed by atoms with Gasteiger partial charge in [0.15, 0.2) is 5.60 Å². The van der Waals surface area contributed by atoms with Crippen LogP contribution in [0.1, 0.15) is 49.8 Å². The van der Waals surface area contributed by atoms with Crippen molar-refractivity contribution in [2.75, 3.05) is 56.4 Å². The van der Waals surface area contributed by atoms with Crippen molar-refractivity contribution in [2.45, 2.75) is 82.5 Å². The molecule has 12 nitrogen and oxygen atoms in total. The molecular formula is C50H62N4O8Si. The highest BCUT2D eigenvalue weighted by atomic mass is 28.3. The fourth-order valence-electron chi connectivity index (χ4n) is 10.2. The fourth-order valence-corrected chi connectivity index (χ4v) is 14.2. The lowest BCUT2D eigenvalue weighted by Gasteiger charge is -2.37. The molecule has 1 spiro atoms. The van der Waals surface area contributed by atoms with Gasteiger partial charge < -0.3 is 39.5 Å². The van der Waals surface area contributed by atoms with Crippen molar-refractivity contribution in [1.29, 1.82) is 0 Å². The Morgan fingerprint density at radius 2 is 1.71 bits per heavy atom. The van der Waals surface area contributed by atoms with Crippen molar-refractivity contribution < 1.29 is 38.8 Å². The summed E-state index contributed by atoms with van der Waals surface area (Å²) in [6, 6.07) is 28.8. The van der Waals surface area contributed by atoms with Crippen molar-refractivity contribution in [1.82, 2.24) is 10.2 Å². The van der Waals surface area contributed by atoms with Crippen LogP contribution in [-0.4, -0.2) is 99.6 Å². The zero-order chi connectivity index (χ0) is 44.9. The molecule has 13 heteroatoms. The summed E-state index contributed by atoms with van der Waals surface area (Å²) in [5, 5.41) is 24.1. The van der Waals surface area contributed by atoms with Gasteiger partial charge in [0, 0.05) is 43.4 Å². The van der Waals surface area contributed by atoms with Crippen LogP contribution >= 0.6 is 0 Å². The monoisotopic (exact) mass is 874 g/mol. The molecule has 3 aliphatic heterocycles. The lowest BCUT2D eigenvalue weighted by atomic mass is 9.82. The van der Waals surface area contributed by atoms with E-state index >= 15 is 4.79 Å². The lowest BCUT2D eigenvalue weighted by molar-refractivity contribution is -0.149. The van der Waals surface area contributed by atoms with Crippen molar-refractivity contribution in [3.63, 3.8) is 0 Å². The first-order valence-electron chi connectivity index (χ1n) is 22.2. The second-order valence-electron chi connectivity index (χ2n) is 17.3. The topological polar surface area (TPSA) is 141 Å². The summed E-state index contributed by atoms with van der Waals surface area (Å²) in [7, 11) is -0.985. The highest BCUT2D eigenvalue weighted by Gasteiger charge is 2.66. The van der Waals surface area contributed by atoms with Crippen LogP contribution in [-0.2, 0) is 37.7 Å². The Morgan fingerprint density at radius 1 is 0.984 bits per heavy atom. The van der Waals surface area contributed by atoms with Crippen LogP contribution in [0.25, 0.3) is 0 Å². The maximum atomic E-state index is 15.4. The molecule has 0 aliphatic carbocycles. The molecule has 334 valence electrons. The van der Waals surface area contributed by atoms with Gasteiger partial charge in [0.2, 0.25) is 11.8 Å². The third-order valence-electron chi connectivity index (χ3n) is 13.2. The van der Waals surface area contributed by atoms with Crippen molar-refractivity contribution >= 4 is 48.0 Å². The number of hydrogen-bond acceptors (Lipinski definition) is 9. The van der Waals surface area contributed by atoms with Gasteiger partial charge in [-0.1, -0.05) is 73.7 Å². The third-order valence-corrected chi connectivity index (χ3v) is 17.6. The molecule has 0 aromatic heterocycles. The summed E-state index contributed by atoms with van der Waals surface area (Å²) in [4.78, 5) is 49.7. The molecule has 7 rings (SSSR count). The van der Waals surface area contributed by atoms with E-state index in [1.54, 1.807) is 27.9 Å². The van der Waals surface area contributed by atoms with Crippen LogP contribution in [0.4, 0.5) is 17.1 Å². The maximum Gasteiger partial charge on any atom is 0.264 e. The van der Waals surface area contributed by atoms with Gasteiger partial charge in [0.05, 0.1) is 58.3 Å². The second-order valence-corrected chi connectivity index (χ2v) is 22.0. The first-order chi connectivity index (χ1) is 30.4. The largest absolute Gasteiger partial charge is 0.497 e. The Kier molecular flexibility index (Phi) is 14.2. The number of carbonyl (C=O) groups is 3. The Labute approximate surface area is 372 Å². The van der Waals surface area contributed by atoms with Crippen molar-refractivity contribution in [2.24, 2.45) is 5.92 Å². The minimum Gasteiger partial charge on any atom is -0.497 e. The van der Waals surface area contributed by atoms with Gasteiger partial charge in [-0.25, -0.2) is 0 Å². The van der Waals surface area contributed by atoms with E-state index in [0.717, 1.165) is 34.2 Å². The summed E-state index contributed by atoms with van der Waals surface area (Å²) in [6.07, 6.45) is 2.84. The number of benzene rings is 4. The predicted octanol–water partition coefficient (Wildman–Crippen LogP) is 6.21. The molecule has 1 saturated heterocycles. The number of amides is 3. The van der Waals surface area contributed by atoms with E-state index in [1.165, 1.54) is 0 Å². The molecule has 0 radical (unpaired) electrons. The number of hydrogen-bond donors (Lipinski definition) is 3. The number of ether oxygens (including phenoxy) is 3. The van der Waals surface area contributed by atoms with Gasteiger partial charge in [-0.05, 0) is 97.9 Å². The molecule has 0 saturated carbocycles. The second kappa shape index (κ2) is 19.6. The number of aliphatic hydroxyl groups excluding tert-OH is 2. The van der Waals surface area contributed by atoms with Gasteiger partial charge in [-0.2, -0.15) is 0 Å². The number of nitrogens with one attached hydrogen (secondary N) is 1. The van der Waals surface area contributed by atoms with E-state index in [1.807, 2.05) is 85.8 Å². The molecule has 3 amide bonds. The molecule has 1 unspecified atom stereocenters. The number of carbonyl (C=O) groups excluding carboxylic acids is 3. The summed E-state index contributed by atoms with van der Waals surface area (Å²) >= 11 is 0. The minimum absolute atomic E-state index is 0.00369. The maximum absolute atomic E-state index is 15.4. The van der Waals surface area contributed by atoms with Crippen LogP contribution in [0, 0.1) is 5.92 Å². The number of nitrogens with zero attached hydrogens (tertiary/aromatic N) is 3. The fraction of sp³-hybridized carbons (Fsp3) is 0.420. The quantitative estimate of drug-likeness (QED) is 0.0571. The van der Waals surface area contributed by atoms with E-state index < -0.39 is 31.7 Å². The molecule has 3 heterocycles. The average Bonchev–Trinajstić information content (AvgIpc) is 3.71. The minimum atomic E-state index is -2.62. The number of fused-ring (bicyclic) bond motifs is 3. The van der Waals surface area contributed by atoms with Crippen LogP contribution in [0.3, 0.4) is 0 Å². The van der Waals surface area contributed by atoms with E-state index in [2.05, 4.69) is 44.0 Å². The predicted molar refractivity (Wildman–Crippen MR) is 249 cm³/mol. The Balaban J connectivity index is 1.34. The summed E-state index contributed by atoms with van der Waals surface area (Å²) in [6.45, 7) is 14.2. The summed E-state index contributed by atoms with van der Waals surface area (Å²) < 4.78 is 18.8. The number of anilines is 3. The molecule has 3 aliphatic rings. The van der Waals surface area contributed by atoms with E-state index in [0.29, 0.717) is 55.2 Å². The number of methoxy groups -OCH3 is 1. The summed E-state index contributed by atoms with van der Waals surface area (Å²) in [5.74, 6) is 0.514.